The Kier molecular flexibility index (Phi) is 2.90. The molecule has 5 aromatic rings. The van der Waals surface area contributed by atoms with Crippen molar-refractivity contribution in [3.63, 3.8) is 0 Å². The van der Waals surface area contributed by atoms with Gasteiger partial charge in [0.1, 0.15) is 0 Å². The Morgan fingerprint density at radius 2 is 1.11 bits per heavy atom. The molecule has 1 aliphatic carbocycles. The van der Waals surface area contributed by atoms with E-state index in [0.717, 1.165) is 0 Å². The first-order valence-corrected chi connectivity index (χ1v) is 9.46. The van der Waals surface area contributed by atoms with E-state index in [1.807, 2.05) is 0 Å². The van der Waals surface area contributed by atoms with Crippen LogP contribution in [0.4, 0.5) is 0 Å². The molecule has 0 unspecified atom stereocenters. The van der Waals surface area contributed by atoms with Crippen molar-refractivity contribution in [2.45, 2.75) is 6.92 Å². The van der Waals surface area contributed by atoms with Gasteiger partial charge in [-0.25, -0.2) is 0 Å². The Morgan fingerprint density at radius 1 is 0.481 bits per heavy atom. The molecule has 0 amide bonds. The second-order valence-corrected chi connectivity index (χ2v) is 7.50. The van der Waals surface area contributed by atoms with Crippen molar-refractivity contribution in [1.82, 2.24) is 0 Å². The first-order chi connectivity index (χ1) is 13.3. The van der Waals surface area contributed by atoms with E-state index < -0.39 is 0 Å². The molecule has 0 heterocycles. The molecule has 126 valence electrons. The van der Waals surface area contributed by atoms with Gasteiger partial charge in [0.05, 0.1) is 0 Å². The summed E-state index contributed by atoms with van der Waals surface area (Å²) in [5.41, 5.74) is 9.32. The molecule has 0 saturated carbocycles. The van der Waals surface area contributed by atoms with Crippen molar-refractivity contribution in [2.75, 3.05) is 0 Å². The molecule has 0 N–H and O–H groups in total. The number of rotatable bonds is 1. The lowest BCUT2D eigenvalue weighted by Gasteiger charge is -2.10. The SMILES string of the molecule is Cc1ccc(-c2ccc3c4c(cccc24)-c2cc4ccccc4cc2-3)cc1. The first kappa shape index (κ1) is 14.8. The van der Waals surface area contributed by atoms with Gasteiger partial charge in [-0.3, -0.25) is 0 Å². The lowest BCUT2D eigenvalue weighted by Crippen LogP contribution is -1.83. The molecule has 0 atom stereocenters. The second-order valence-electron chi connectivity index (χ2n) is 7.50. The van der Waals surface area contributed by atoms with Gasteiger partial charge in [0.2, 0.25) is 0 Å². The first-order valence-electron chi connectivity index (χ1n) is 9.46. The van der Waals surface area contributed by atoms with Crippen molar-refractivity contribution >= 4 is 21.5 Å². The van der Waals surface area contributed by atoms with Crippen LogP contribution in [-0.2, 0) is 0 Å². The van der Waals surface area contributed by atoms with Crippen LogP contribution in [0.1, 0.15) is 5.56 Å². The number of benzene rings is 5. The van der Waals surface area contributed by atoms with Crippen LogP contribution in [0.2, 0.25) is 0 Å². The molecule has 0 aromatic heterocycles. The molecule has 0 aliphatic heterocycles. The smallest absolute Gasteiger partial charge is 0.00201 e. The average Bonchev–Trinajstić information content (AvgIpc) is 3.02. The monoisotopic (exact) mass is 342 g/mol. The van der Waals surface area contributed by atoms with E-state index in [2.05, 4.69) is 97.9 Å². The van der Waals surface area contributed by atoms with Gasteiger partial charge in [0, 0.05) is 0 Å². The largest absolute Gasteiger partial charge is 0.0616 e. The van der Waals surface area contributed by atoms with Gasteiger partial charge in [-0.1, -0.05) is 84.4 Å². The summed E-state index contributed by atoms with van der Waals surface area (Å²) in [4.78, 5) is 0. The molecule has 0 heteroatoms. The third-order valence-electron chi connectivity index (χ3n) is 5.87. The Bertz CT molecular complexity index is 1310. The summed E-state index contributed by atoms with van der Waals surface area (Å²) in [6, 6.07) is 33.5. The van der Waals surface area contributed by atoms with Gasteiger partial charge < -0.3 is 0 Å². The Hall–Kier alpha value is -3.38. The van der Waals surface area contributed by atoms with Gasteiger partial charge in [0.25, 0.3) is 0 Å². The summed E-state index contributed by atoms with van der Waals surface area (Å²) in [7, 11) is 0. The summed E-state index contributed by atoms with van der Waals surface area (Å²) in [5, 5.41) is 5.34. The summed E-state index contributed by atoms with van der Waals surface area (Å²) in [5.74, 6) is 0. The van der Waals surface area contributed by atoms with Gasteiger partial charge >= 0.3 is 0 Å². The minimum atomic E-state index is 1.28. The van der Waals surface area contributed by atoms with Crippen LogP contribution in [0.3, 0.4) is 0 Å². The van der Waals surface area contributed by atoms with E-state index in [1.54, 1.807) is 0 Å². The number of aryl methyl sites for hydroxylation is 1. The molecular weight excluding hydrogens is 324 g/mol. The molecule has 0 saturated heterocycles. The third kappa shape index (κ3) is 2.04. The zero-order valence-electron chi connectivity index (χ0n) is 15.2. The highest BCUT2D eigenvalue weighted by Crippen LogP contribution is 2.50. The maximum atomic E-state index is 2.35. The van der Waals surface area contributed by atoms with Crippen molar-refractivity contribution in [1.29, 1.82) is 0 Å². The minimum Gasteiger partial charge on any atom is -0.0616 e. The highest BCUT2D eigenvalue weighted by atomic mass is 14.3. The molecule has 0 bridgehead atoms. The summed E-state index contributed by atoms with van der Waals surface area (Å²) >= 11 is 0. The van der Waals surface area contributed by atoms with Crippen LogP contribution >= 0.6 is 0 Å². The van der Waals surface area contributed by atoms with Gasteiger partial charge in [0.15, 0.2) is 0 Å². The molecule has 6 rings (SSSR count). The van der Waals surface area contributed by atoms with Crippen LogP contribution in [0.15, 0.2) is 91.0 Å². The van der Waals surface area contributed by atoms with Crippen molar-refractivity contribution in [3.05, 3.63) is 96.6 Å². The van der Waals surface area contributed by atoms with Crippen LogP contribution in [0.5, 0.6) is 0 Å². The molecule has 0 radical (unpaired) electrons. The lowest BCUT2D eigenvalue weighted by atomic mass is 9.94. The Morgan fingerprint density at radius 3 is 1.81 bits per heavy atom. The van der Waals surface area contributed by atoms with Crippen molar-refractivity contribution in [2.24, 2.45) is 0 Å². The van der Waals surface area contributed by atoms with Crippen molar-refractivity contribution < 1.29 is 0 Å². The van der Waals surface area contributed by atoms with E-state index in [9.17, 15) is 0 Å². The molecule has 0 nitrogen and oxygen atoms in total. The third-order valence-corrected chi connectivity index (χ3v) is 5.87. The van der Waals surface area contributed by atoms with Crippen molar-refractivity contribution in [3.8, 4) is 33.4 Å². The molecule has 0 fully saturated rings. The van der Waals surface area contributed by atoms with Crippen LogP contribution in [0, 0.1) is 6.92 Å². The standard InChI is InChI=1S/C27H18/c1-17-9-11-18(12-10-17)21-13-14-24-26-16-20-6-3-2-5-19(20)15-25(26)23-8-4-7-22(21)27(23)24/h2-16H,1H3. The fourth-order valence-corrected chi connectivity index (χ4v) is 4.53. The number of fused-ring (bicyclic) bond motifs is 4. The van der Waals surface area contributed by atoms with E-state index in [4.69, 9.17) is 0 Å². The fraction of sp³-hybridized carbons (Fsp3) is 0.0370. The molecule has 0 spiro atoms. The second kappa shape index (κ2) is 5.31. The van der Waals surface area contributed by atoms with E-state index in [1.165, 1.54) is 60.5 Å². The van der Waals surface area contributed by atoms with Crippen LogP contribution < -0.4 is 0 Å². The van der Waals surface area contributed by atoms with Gasteiger partial charge in [-0.05, 0) is 74.0 Å². The summed E-state index contributed by atoms with van der Waals surface area (Å²) in [6.45, 7) is 2.14. The topological polar surface area (TPSA) is 0 Å². The van der Waals surface area contributed by atoms with E-state index in [0.29, 0.717) is 0 Å². The predicted octanol–water partition coefficient (Wildman–Crippen LogP) is 7.62. The van der Waals surface area contributed by atoms with Crippen LogP contribution in [-0.4, -0.2) is 0 Å². The maximum Gasteiger partial charge on any atom is -0.00201 e. The lowest BCUT2D eigenvalue weighted by molar-refractivity contribution is 1.47. The highest BCUT2D eigenvalue weighted by molar-refractivity contribution is 6.20. The molecule has 1 aliphatic rings. The average molecular weight is 342 g/mol. The molecule has 27 heavy (non-hydrogen) atoms. The Balaban J connectivity index is 1.69. The number of hydrogen-bond donors (Lipinski definition) is 0. The summed E-state index contributed by atoms with van der Waals surface area (Å²) in [6.07, 6.45) is 0. The van der Waals surface area contributed by atoms with Gasteiger partial charge in [-0.2, -0.15) is 0 Å². The molecular formula is C27H18. The summed E-state index contributed by atoms with van der Waals surface area (Å²) < 4.78 is 0. The predicted molar refractivity (Wildman–Crippen MR) is 116 cm³/mol. The quantitative estimate of drug-likeness (QED) is 0.288. The van der Waals surface area contributed by atoms with E-state index in [-0.39, 0.29) is 0 Å². The highest BCUT2D eigenvalue weighted by Gasteiger charge is 2.23. The zero-order valence-corrected chi connectivity index (χ0v) is 15.2. The van der Waals surface area contributed by atoms with Crippen LogP contribution in [0.25, 0.3) is 54.9 Å². The maximum absolute atomic E-state index is 2.35. The molecule has 5 aromatic carbocycles. The number of hydrogen-bond acceptors (Lipinski definition) is 0. The van der Waals surface area contributed by atoms with Gasteiger partial charge in [-0.15, -0.1) is 0 Å². The minimum absolute atomic E-state index is 1.28. The fourth-order valence-electron chi connectivity index (χ4n) is 4.53. The zero-order chi connectivity index (χ0) is 18.0. The normalized spacial score (nSPS) is 11.9. The Labute approximate surface area is 158 Å². The van der Waals surface area contributed by atoms with E-state index >= 15 is 0 Å².